The van der Waals surface area contributed by atoms with Gasteiger partial charge in [-0.2, -0.15) is 17.6 Å². The van der Waals surface area contributed by atoms with Crippen molar-refractivity contribution >= 4 is 0 Å². The van der Waals surface area contributed by atoms with E-state index in [-0.39, 0.29) is 0 Å². The van der Waals surface area contributed by atoms with Gasteiger partial charge in [0, 0.05) is 5.92 Å². The number of rotatable bonds is 6. The van der Waals surface area contributed by atoms with Gasteiger partial charge in [0.1, 0.15) is 5.83 Å². The highest BCUT2D eigenvalue weighted by Gasteiger charge is 2.41. The van der Waals surface area contributed by atoms with E-state index in [1.54, 1.807) is 0 Å². The van der Waals surface area contributed by atoms with Gasteiger partial charge in [0.25, 0.3) is 0 Å². The average Bonchev–Trinajstić information content (AvgIpc) is 2.76. The number of hydrogen-bond acceptors (Lipinski definition) is 0. The van der Waals surface area contributed by atoms with Crippen LogP contribution in [-0.4, -0.2) is 6.18 Å². The standard InChI is InChI=1S/C25H39F5/c1-2-3-4-17-5-7-18(8-6-17)19-9-11-20(12-10-19)21-13-15-22(16-14-21)23(26)24(27)25(28,29)30/h17-22H,2-16H2,1H3/b24-23+. The highest BCUT2D eigenvalue weighted by molar-refractivity contribution is 5.10. The molecule has 0 N–H and O–H groups in total. The topological polar surface area (TPSA) is 0 Å². The SMILES string of the molecule is CCCCC1CCC(C2CCC(C3CCC(/C(F)=C(\F)C(F)(F)F)CC3)CC2)CC1. The van der Waals surface area contributed by atoms with E-state index in [2.05, 4.69) is 6.92 Å². The van der Waals surface area contributed by atoms with Crippen molar-refractivity contribution in [3.05, 3.63) is 11.7 Å². The second kappa shape index (κ2) is 10.8. The minimum atomic E-state index is -5.20. The molecule has 0 amide bonds. The summed E-state index contributed by atoms with van der Waals surface area (Å²) in [5.41, 5.74) is 0. The van der Waals surface area contributed by atoms with Gasteiger partial charge in [-0.05, 0) is 93.8 Å². The molecule has 174 valence electrons. The summed E-state index contributed by atoms with van der Waals surface area (Å²) < 4.78 is 64.4. The van der Waals surface area contributed by atoms with Gasteiger partial charge in [-0.1, -0.05) is 39.0 Å². The first kappa shape index (κ1) is 24.0. The van der Waals surface area contributed by atoms with Crippen LogP contribution in [0.2, 0.25) is 0 Å². The molecule has 0 spiro atoms. The Hall–Kier alpha value is -0.610. The lowest BCUT2D eigenvalue weighted by Gasteiger charge is -2.41. The monoisotopic (exact) mass is 434 g/mol. The molecule has 0 unspecified atom stereocenters. The molecule has 0 radical (unpaired) electrons. The first-order valence-corrected chi connectivity index (χ1v) is 12.4. The van der Waals surface area contributed by atoms with E-state index in [1.165, 1.54) is 70.6 Å². The van der Waals surface area contributed by atoms with E-state index in [0.29, 0.717) is 24.7 Å². The molecule has 0 heterocycles. The Labute approximate surface area is 179 Å². The van der Waals surface area contributed by atoms with Crippen LogP contribution in [0.15, 0.2) is 11.7 Å². The molecule has 0 saturated heterocycles. The maximum Gasteiger partial charge on any atom is 0.445 e. The number of allylic oxidation sites excluding steroid dienone is 2. The molecule has 3 aliphatic carbocycles. The normalized spacial score (nSPS) is 37.0. The highest BCUT2D eigenvalue weighted by atomic mass is 19.4. The first-order chi connectivity index (χ1) is 14.3. The quantitative estimate of drug-likeness (QED) is 0.365. The van der Waals surface area contributed by atoms with Crippen LogP contribution in [0.3, 0.4) is 0 Å². The zero-order chi connectivity index (χ0) is 21.7. The summed E-state index contributed by atoms with van der Waals surface area (Å²) in [5, 5.41) is 0. The lowest BCUT2D eigenvalue weighted by atomic mass is 9.65. The lowest BCUT2D eigenvalue weighted by Crippen LogP contribution is -2.30. The zero-order valence-electron chi connectivity index (χ0n) is 18.5. The summed E-state index contributed by atoms with van der Waals surface area (Å²) in [4.78, 5) is 0. The number of alkyl halides is 3. The smallest absolute Gasteiger partial charge is 0.208 e. The molecular weight excluding hydrogens is 395 g/mol. The minimum absolute atomic E-state index is 0.349. The van der Waals surface area contributed by atoms with Crippen molar-refractivity contribution in [1.82, 2.24) is 0 Å². The fourth-order valence-electron chi connectivity index (χ4n) is 6.69. The predicted molar refractivity (Wildman–Crippen MR) is 111 cm³/mol. The second-order valence-corrected chi connectivity index (χ2v) is 10.4. The lowest BCUT2D eigenvalue weighted by molar-refractivity contribution is -0.112. The molecule has 30 heavy (non-hydrogen) atoms. The first-order valence-electron chi connectivity index (χ1n) is 12.4. The predicted octanol–water partition coefficient (Wildman–Crippen LogP) is 9.31. The van der Waals surface area contributed by atoms with Crippen molar-refractivity contribution in [2.45, 2.75) is 109 Å². The van der Waals surface area contributed by atoms with Gasteiger partial charge in [-0.15, -0.1) is 0 Å². The van der Waals surface area contributed by atoms with Crippen molar-refractivity contribution in [1.29, 1.82) is 0 Å². The van der Waals surface area contributed by atoms with Crippen LogP contribution in [-0.2, 0) is 0 Å². The summed E-state index contributed by atoms with van der Waals surface area (Å²) in [7, 11) is 0. The molecular formula is C25H39F5. The summed E-state index contributed by atoms with van der Waals surface area (Å²) in [6.07, 6.45) is 11.6. The molecule has 0 aromatic rings. The minimum Gasteiger partial charge on any atom is -0.208 e. The Morgan fingerprint density at radius 2 is 1.07 bits per heavy atom. The van der Waals surface area contributed by atoms with Crippen molar-refractivity contribution < 1.29 is 22.0 Å². The third-order valence-electron chi connectivity index (χ3n) is 8.60. The Kier molecular flexibility index (Phi) is 8.66. The summed E-state index contributed by atoms with van der Waals surface area (Å²) in [6, 6.07) is 0. The van der Waals surface area contributed by atoms with Crippen LogP contribution in [0.1, 0.15) is 103 Å². The molecule has 0 aromatic carbocycles. The molecule has 0 aromatic heterocycles. The number of hydrogen-bond donors (Lipinski definition) is 0. The van der Waals surface area contributed by atoms with E-state index in [4.69, 9.17) is 0 Å². The molecule has 3 rings (SSSR count). The summed E-state index contributed by atoms with van der Waals surface area (Å²) in [5.74, 6) is -1.17. The fraction of sp³-hybridized carbons (Fsp3) is 0.920. The van der Waals surface area contributed by atoms with Gasteiger partial charge < -0.3 is 0 Å². The van der Waals surface area contributed by atoms with E-state index in [9.17, 15) is 22.0 Å². The van der Waals surface area contributed by atoms with Crippen molar-refractivity contribution in [3.8, 4) is 0 Å². The maximum atomic E-state index is 13.9. The number of unbranched alkanes of at least 4 members (excludes halogenated alkanes) is 1. The van der Waals surface area contributed by atoms with Gasteiger partial charge in [-0.25, -0.2) is 4.39 Å². The van der Waals surface area contributed by atoms with Crippen LogP contribution in [0, 0.1) is 35.5 Å². The highest BCUT2D eigenvalue weighted by Crippen LogP contribution is 2.47. The Morgan fingerprint density at radius 3 is 1.47 bits per heavy atom. The van der Waals surface area contributed by atoms with Gasteiger partial charge in [0.2, 0.25) is 5.83 Å². The average molecular weight is 435 g/mol. The Bertz CT molecular complexity index is 542. The zero-order valence-corrected chi connectivity index (χ0v) is 18.5. The molecule has 3 fully saturated rings. The van der Waals surface area contributed by atoms with Gasteiger partial charge in [0.15, 0.2) is 0 Å². The van der Waals surface area contributed by atoms with Crippen molar-refractivity contribution in [3.63, 3.8) is 0 Å². The van der Waals surface area contributed by atoms with Crippen molar-refractivity contribution in [2.75, 3.05) is 0 Å². The fourth-order valence-corrected chi connectivity index (χ4v) is 6.69. The molecule has 3 aliphatic rings. The van der Waals surface area contributed by atoms with E-state index in [0.717, 1.165) is 30.6 Å². The van der Waals surface area contributed by atoms with E-state index in [1.807, 2.05) is 0 Å². The second-order valence-electron chi connectivity index (χ2n) is 10.4. The molecule has 0 aliphatic heterocycles. The third kappa shape index (κ3) is 6.22. The summed E-state index contributed by atoms with van der Waals surface area (Å²) >= 11 is 0. The summed E-state index contributed by atoms with van der Waals surface area (Å²) in [6.45, 7) is 2.27. The van der Waals surface area contributed by atoms with E-state index >= 15 is 0 Å². The Balaban J connectivity index is 1.39. The maximum absolute atomic E-state index is 13.9. The van der Waals surface area contributed by atoms with Gasteiger partial charge in [0.05, 0.1) is 0 Å². The van der Waals surface area contributed by atoms with E-state index < -0.39 is 23.7 Å². The van der Waals surface area contributed by atoms with Crippen LogP contribution in [0.5, 0.6) is 0 Å². The third-order valence-corrected chi connectivity index (χ3v) is 8.60. The van der Waals surface area contributed by atoms with Crippen molar-refractivity contribution in [2.24, 2.45) is 35.5 Å². The van der Waals surface area contributed by atoms with Gasteiger partial charge in [-0.3, -0.25) is 0 Å². The molecule has 3 saturated carbocycles. The largest absolute Gasteiger partial charge is 0.445 e. The molecule has 0 atom stereocenters. The van der Waals surface area contributed by atoms with Crippen LogP contribution in [0.4, 0.5) is 22.0 Å². The molecule has 0 nitrogen and oxygen atoms in total. The van der Waals surface area contributed by atoms with Crippen LogP contribution in [0.25, 0.3) is 0 Å². The number of halogens is 5. The van der Waals surface area contributed by atoms with Crippen LogP contribution < -0.4 is 0 Å². The molecule has 5 heteroatoms. The van der Waals surface area contributed by atoms with Crippen LogP contribution >= 0.6 is 0 Å². The van der Waals surface area contributed by atoms with Gasteiger partial charge >= 0.3 is 6.18 Å². The molecule has 0 bridgehead atoms. The Morgan fingerprint density at radius 1 is 0.667 bits per heavy atom.